The third-order valence-corrected chi connectivity index (χ3v) is 4.06. The maximum atomic E-state index is 12.7. The molecule has 1 aliphatic rings. The number of hydrogen-bond donors (Lipinski definition) is 0. The number of carbonyl (C=O) groups excluding carboxylic acids is 2. The van der Waals surface area contributed by atoms with Gasteiger partial charge in [-0.2, -0.15) is 0 Å². The van der Waals surface area contributed by atoms with E-state index in [-0.39, 0.29) is 12.5 Å². The Bertz CT molecular complexity index is 690. The van der Waals surface area contributed by atoms with Crippen molar-refractivity contribution >= 4 is 22.6 Å². The minimum absolute atomic E-state index is 0.0993. The zero-order valence-corrected chi connectivity index (χ0v) is 11.6. The van der Waals surface area contributed by atoms with E-state index in [1.165, 1.54) is 0 Å². The topological polar surface area (TPSA) is 60.4 Å². The molecule has 2 aromatic carbocycles. The number of rotatable bonds is 2. The summed E-state index contributed by atoms with van der Waals surface area (Å²) in [5, 5.41) is 12.9. The number of piperidine rings is 1. The van der Waals surface area contributed by atoms with Crippen LogP contribution in [0.4, 0.5) is 0 Å². The number of benzene rings is 2. The van der Waals surface area contributed by atoms with Crippen molar-refractivity contribution in [2.75, 3.05) is 13.1 Å². The van der Waals surface area contributed by atoms with Crippen LogP contribution in [0.25, 0.3) is 10.8 Å². The second-order valence-corrected chi connectivity index (χ2v) is 5.44. The summed E-state index contributed by atoms with van der Waals surface area (Å²) in [6.45, 7) is 0.843. The Hall–Kier alpha value is -2.36. The molecule has 0 radical (unpaired) electrons. The first kappa shape index (κ1) is 13.6. The van der Waals surface area contributed by atoms with Crippen LogP contribution in [0.2, 0.25) is 0 Å². The average Bonchev–Trinajstić information content (AvgIpc) is 2.53. The first-order valence-electron chi connectivity index (χ1n) is 7.14. The number of likely N-dealkylation sites (tertiary alicyclic amines) is 1. The van der Waals surface area contributed by atoms with E-state index in [9.17, 15) is 14.7 Å². The van der Waals surface area contributed by atoms with Gasteiger partial charge >= 0.3 is 0 Å². The van der Waals surface area contributed by atoms with Crippen LogP contribution in [0.1, 0.15) is 23.2 Å². The van der Waals surface area contributed by atoms with Crippen LogP contribution in [-0.4, -0.2) is 29.9 Å². The summed E-state index contributed by atoms with van der Waals surface area (Å²) in [5.41, 5.74) is 0.632. The summed E-state index contributed by atoms with van der Waals surface area (Å²) < 4.78 is 0. The van der Waals surface area contributed by atoms with E-state index in [2.05, 4.69) is 0 Å². The highest BCUT2D eigenvalue weighted by Gasteiger charge is 2.25. The van der Waals surface area contributed by atoms with E-state index in [1.807, 2.05) is 36.4 Å². The lowest BCUT2D eigenvalue weighted by Crippen LogP contribution is -2.46. The quantitative estimate of drug-likeness (QED) is 0.837. The van der Waals surface area contributed by atoms with Gasteiger partial charge in [-0.15, -0.1) is 0 Å². The second kappa shape index (κ2) is 5.56. The molecule has 1 saturated heterocycles. The number of carbonyl (C=O) groups is 2. The number of carboxylic acid groups (broad SMARTS) is 1. The Labute approximate surface area is 123 Å². The van der Waals surface area contributed by atoms with Gasteiger partial charge in [-0.25, -0.2) is 0 Å². The highest BCUT2D eigenvalue weighted by molar-refractivity contribution is 6.07. The van der Waals surface area contributed by atoms with Gasteiger partial charge < -0.3 is 14.8 Å². The Morgan fingerprint density at radius 2 is 1.86 bits per heavy atom. The maximum absolute atomic E-state index is 12.7. The molecule has 0 saturated carbocycles. The van der Waals surface area contributed by atoms with Gasteiger partial charge in [-0.05, 0) is 29.7 Å². The number of fused-ring (bicyclic) bond motifs is 1. The van der Waals surface area contributed by atoms with Gasteiger partial charge in [0.15, 0.2) is 0 Å². The molecule has 3 rings (SSSR count). The Kier molecular flexibility index (Phi) is 3.60. The maximum Gasteiger partial charge on any atom is 0.254 e. The van der Waals surface area contributed by atoms with E-state index in [0.717, 1.165) is 10.8 Å². The van der Waals surface area contributed by atoms with Crippen LogP contribution in [0.15, 0.2) is 42.5 Å². The summed E-state index contributed by atoms with van der Waals surface area (Å²) in [5.74, 6) is -1.72. The summed E-state index contributed by atoms with van der Waals surface area (Å²) >= 11 is 0. The highest BCUT2D eigenvalue weighted by Crippen LogP contribution is 2.23. The lowest BCUT2D eigenvalue weighted by Gasteiger charge is -2.33. The van der Waals surface area contributed by atoms with Crippen molar-refractivity contribution in [3.05, 3.63) is 48.0 Å². The van der Waals surface area contributed by atoms with Crippen LogP contribution < -0.4 is 5.11 Å². The molecule has 21 heavy (non-hydrogen) atoms. The van der Waals surface area contributed by atoms with Crippen LogP contribution in [0, 0.1) is 5.92 Å². The molecule has 0 aromatic heterocycles. The summed E-state index contributed by atoms with van der Waals surface area (Å²) in [6.07, 6.45) is 1.29. The van der Waals surface area contributed by atoms with E-state index in [1.54, 1.807) is 11.0 Å². The van der Waals surface area contributed by atoms with Gasteiger partial charge in [0.1, 0.15) is 0 Å². The van der Waals surface area contributed by atoms with Crippen LogP contribution in [0.3, 0.4) is 0 Å². The standard InChI is InChI=1S/C17H17NO3/c19-16(18-10-4-7-13(11-18)17(20)21)15-9-3-6-12-5-1-2-8-14(12)15/h1-3,5-6,8-9,13H,4,7,10-11H2,(H,20,21)/p-1/t13-/m0/s1. The predicted molar refractivity (Wildman–Crippen MR) is 77.6 cm³/mol. The third kappa shape index (κ3) is 2.61. The fraction of sp³-hybridized carbons (Fsp3) is 0.294. The zero-order chi connectivity index (χ0) is 14.8. The number of nitrogens with zero attached hydrogens (tertiary/aromatic N) is 1. The van der Waals surface area contributed by atoms with E-state index < -0.39 is 11.9 Å². The van der Waals surface area contributed by atoms with E-state index >= 15 is 0 Å². The minimum Gasteiger partial charge on any atom is -0.550 e. The van der Waals surface area contributed by atoms with Gasteiger partial charge in [0.25, 0.3) is 5.91 Å². The smallest absolute Gasteiger partial charge is 0.254 e. The van der Waals surface area contributed by atoms with E-state index in [0.29, 0.717) is 24.9 Å². The van der Waals surface area contributed by atoms with Crippen LogP contribution >= 0.6 is 0 Å². The summed E-state index contributed by atoms with van der Waals surface area (Å²) in [4.78, 5) is 25.3. The Morgan fingerprint density at radius 3 is 2.67 bits per heavy atom. The lowest BCUT2D eigenvalue weighted by atomic mass is 9.96. The van der Waals surface area contributed by atoms with Crippen molar-refractivity contribution in [2.45, 2.75) is 12.8 Å². The fourth-order valence-electron chi connectivity index (χ4n) is 2.94. The largest absolute Gasteiger partial charge is 0.550 e. The molecule has 1 fully saturated rings. The highest BCUT2D eigenvalue weighted by atomic mass is 16.4. The van der Waals surface area contributed by atoms with Crippen molar-refractivity contribution in [2.24, 2.45) is 5.92 Å². The number of amides is 1. The van der Waals surface area contributed by atoms with Crippen molar-refractivity contribution < 1.29 is 14.7 Å². The fourth-order valence-corrected chi connectivity index (χ4v) is 2.94. The van der Waals surface area contributed by atoms with Crippen molar-refractivity contribution in [1.82, 2.24) is 4.90 Å². The third-order valence-electron chi connectivity index (χ3n) is 4.06. The number of hydrogen-bond acceptors (Lipinski definition) is 3. The molecule has 1 heterocycles. The normalized spacial score (nSPS) is 18.7. The molecule has 1 aliphatic heterocycles. The summed E-state index contributed by atoms with van der Waals surface area (Å²) in [7, 11) is 0. The molecule has 0 unspecified atom stereocenters. The SMILES string of the molecule is O=C([O-])[C@H]1CCCN(C(=O)c2cccc3ccccc23)C1. The van der Waals surface area contributed by atoms with Crippen molar-refractivity contribution in [1.29, 1.82) is 0 Å². The Morgan fingerprint density at radius 1 is 1.10 bits per heavy atom. The van der Waals surface area contributed by atoms with Gasteiger partial charge in [0.05, 0.1) is 0 Å². The Balaban J connectivity index is 1.92. The second-order valence-electron chi connectivity index (χ2n) is 5.44. The molecule has 108 valence electrons. The van der Waals surface area contributed by atoms with E-state index in [4.69, 9.17) is 0 Å². The van der Waals surface area contributed by atoms with Crippen molar-refractivity contribution in [3.8, 4) is 0 Å². The molecule has 1 amide bonds. The zero-order valence-electron chi connectivity index (χ0n) is 11.6. The predicted octanol–water partition coefficient (Wildman–Crippen LogP) is 1.44. The minimum atomic E-state index is -1.06. The first-order chi connectivity index (χ1) is 10.2. The lowest BCUT2D eigenvalue weighted by molar-refractivity contribution is -0.312. The molecule has 0 N–H and O–H groups in total. The van der Waals surface area contributed by atoms with Gasteiger partial charge in [-0.3, -0.25) is 4.79 Å². The van der Waals surface area contributed by atoms with Crippen molar-refractivity contribution in [3.63, 3.8) is 0 Å². The average molecular weight is 282 g/mol. The molecule has 4 heteroatoms. The number of carboxylic acids is 1. The molecule has 4 nitrogen and oxygen atoms in total. The van der Waals surface area contributed by atoms with Crippen LogP contribution in [0.5, 0.6) is 0 Å². The molecule has 0 aliphatic carbocycles. The molecular formula is C17H16NO3-. The summed E-state index contributed by atoms with van der Waals surface area (Å²) in [6, 6.07) is 13.3. The van der Waals surface area contributed by atoms with Crippen LogP contribution in [-0.2, 0) is 4.79 Å². The van der Waals surface area contributed by atoms with Gasteiger partial charge in [-0.1, -0.05) is 36.4 Å². The molecule has 0 spiro atoms. The molecular weight excluding hydrogens is 266 g/mol. The van der Waals surface area contributed by atoms with Gasteiger partial charge in [0, 0.05) is 30.5 Å². The number of aliphatic carboxylic acids is 1. The molecule has 0 bridgehead atoms. The molecule has 2 aromatic rings. The molecule has 1 atom stereocenters. The monoisotopic (exact) mass is 282 g/mol. The van der Waals surface area contributed by atoms with Gasteiger partial charge in [0.2, 0.25) is 0 Å². The first-order valence-corrected chi connectivity index (χ1v) is 7.14.